The van der Waals surface area contributed by atoms with Crippen LogP contribution in [-0.4, -0.2) is 7.11 Å². The van der Waals surface area contributed by atoms with Crippen LogP contribution < -0.4 is 14.2 Å². The van der Waals surface area contributed by atoms with Gasteiger partial charge in [-0.2, -0.15) is 4.73 Å². The van der Waals surface area contributed by atoms with Gasteiger partial charge in [0.15, 0.2) is 11.9 Å². The van der Waals surface area contributed by atoms with E-state index in [1.54, 1.807) is 31.4 Å². The Kier molecular flexibility index (Phi) is 2.91. The number of benzene rings is 1. The van der Waals surface area contributed by atoms with Gasteiger partial charge < -0.3 is 14.7 Å². The summed E-state index contributed by atoms with van der Waals surface area (Å²) < 4.78 is 11.3. The molecular formula is C12H11NO3. The van der Waals surface area contributed by atoms with E-state index in [-0.39, 0.29) is 0 Å². The van der Waals surface area contributed by atoms with Gasteiger partial charge >= 0.3 is 0 Å². The van der Waals surface area contributed by atoms with Gasteiger partial charge in [0.05, 0.1) is 7.11 Å². The lowest BCUT2D eigenvalue weighted by molar-refractivity contribution is -0.605. The Balaban J connectivity index is 2.20. The molecule has 1 heterocycles. The third-order valence-corrected chi connectivity index (χ3v) is 2.02. The minimum Gasteiger partial charge on any atom is -0.619 e. The monoisotopic (exact) mass is 217 g/mol. The molecule has 0 bridgehead atoms. The first-order chi connectivity index (χ1) is 7.78. The largest absolute Gasteiger partial charge is 0.619 e. The molecule has 0 atom stereocenters. The molecule has 4 nitrogen and oxygen atoms in total. The second kappa shape index (κ2) is 4.53. The highest BCUT2D eigenvalue weighted by Gasteiger charge is 2.01. The fourth-order valence-corrected chi connectivity index (χ4v) is 1.30. The molecule has 2 aromatic rings. The summed E-state index contributed by atoms with van der Waals surface area (Å²) in [4.78, 5) is 0. The van der Waals surface area contributed by atoms with E-state index in [2.05, 4.69) is 0 Å². The third kappa shape index (κ3) is 2.42. The van der Waals surface area contributed by atoms with E-state index in [9.17, 15) is 5.21 Å². The van der Waals surface area contributed by atoms with Crippen LogP contribution >= 0.6 is 0 Å². The van der Waals surface area contributed by atoms with Crippen molar-refractivity contribution in [2.24, 2.45) is 0 Å². The Morgan fingerprint density at radius 1 is 1.06 bits per heavy atom. The van der Waals surface area contributed by atoms with E-state index in [1.807, 2.05) is 12.1 Å². The van der Waals surface area contributed by atoms with Crippen molar-refractivity contribution in [3.63, 3.8) is 0 Å². The van der Waals surface area contributed by atoms with E-state index in [0.717, 1.165) is 0 Å². The molecule has 0 saturated heterocycles. The molecule has 0 saturated carbocycles. The highest BCUT2D eigenvalue weighted by atomic mass is 16.5. The zero-order valence-corrected chi connectivity index (χ0v) is 8.79. The number of pyridine rings is 1. The van der Waals surface area contributed by atoms with Crippen molar-refractivity contribution in [3.05, 3.63) is 54.0 Å². The lowest BCUT2D eigenvalue weighted by Gasteiger charge is -2.06. The lowest BCUT2D eigenvalue weighted by Crippen LogP contribution is -2.23. The van der Waals surface area contributed by atoms with Crippen molar-refractivity contribution in [2.75, 3.05) is 7.11 Å². The van der Waals surface area contributed by atoms with Gasteiger partial charge in [0.25, 0.3) is 0 Å². The Morgan fingerprint density at radius 2 is 1.81 bits per heavy atom. The summed E-state index contributed by atoms with van der Waals surface area (Å²) in [7, 11) is 1.59. The second-order valence-electron chi connectivity index (χ2n) is 3.18. The topological polar surface area (TPSA) is 45.4 Å². The van der Waals surface area contributed by atoms with E-state index in [1.165, 1.54) is 12.4 Å². The zero-order chi connectivity index (χ0) is 11.4. The average Bonchev–Trinajstić information content (AvgIpc) is 2.29. The summed E-state index contributed by atoms with van der Waals surface area (Å²) in [5.41, 5.74) is 0. The number of nitrogens with zero attached hydrogens (tertiary/aromatic N) is 1. The second-order valence-corrected chi connectivity index (χ2v) is 3.18. The van der Waals surface area contributed by atoms with E-state index in [4.69, 9.17) is 9.47 Å². The summed E-state index contributed by atoms with van der Waals surface area (Å²) in [6, 6.07) is 10.5. The normalized spacial score (nSPS) is 9.81. The fourth-order valence-electron chi connectivity index (χ4n) is 1.30. The quantitative estimate of drug-likeness (QED) is 0.584. The van der Waals surface area contributed by atoms with Gasteiger partial charge in [0, 0.05) is 12.1 Å². The molecule has 16 heavy (non-hydrogen) atoms. The minimum absolute atomic E-state index is 0.491. The number of hydrogen-bond acceptors (Lipinski definition) is 3. The molecule has 4 heteroatoms. The van der Waals surface area contributed by atoms with Gasteiger partial charge in [0.2, 0.25) is 6.20 Å². The number of methoxy groups -OCH3 is 1. The number of ether oxygens (including phenoxy) is 2. The molecule has 0 aliphatic carbocycles. The molecule has 1 aromatic heterocycles. The average molecular weight is 217 g/mol. The van der Waals surface area contributed by atoms with Crippen molar-refractivity contribution in [3.8, 4) is 17.2 Å². The predicted molar refractivity (Wildman–Crippen MR) is 58.5 cm³/mol. The molecule has 0 aliphatic rings. The Hall–Kier alpha value is -2.23. The molecule has 82 valence electrons. The molecule has 0 radical (unpaired) electrons. The molecule has 0 spiro atoms. The summed E-state index contributed by atoms with van der Waals surface area (Å²) in [6.45, 7) is 0. The Morgan fingerprint density at radius 3 is 2.56 bits per heavy atom. The highest BCUT2D eigenvalue weighted by Crippen LogP contribution is 2.23. The molecule has 0 fully saturated rings. The lowest BCUT2D eigenvalue weighted by atomic mass is 10.3. The van der Waals surface area contributed by atoms with E-state index < -0.39 is 0 Å². The van der Waals surface area contributed by atoms with Gasteiger partial charge in [-0.1, -0.05) is 6.07 Å². The van der Waals surface area contributed by atoms with Crippen LogP contribution in [0.15, 0.2) is 48.8 Å². The SMILES string of the molecule is COc1cccc(Oc2ccc[n+]([O-])c2)c1. The summed E-state index contributed by atoms with van der Waals surface area (Å²) >= 11 is 0. The van der Waals surface area contributed by atoms with Gasteiger partial charge in [-0.15, -0.1) is 0 Å². The van der Waals surface area contributed by atoms with Crippen LogP contribution in [0.5, 0.6) is 17.2 Å². The molecule has 2 rings (SSSR count). The van der Waals surface area contributed by atoms with Crippen LogP contribution in [0.2, 0.25) is 0 Å². The van der Waals surface area contributed by atoms with Crippen LogP contribution in [0.25, 0.3) is 0 Å². The molecule has 0 amide bonds. The maximum absolute atomic E-state index is 11.0. The summed E-state index contributed by atoms with van der Waals surface area (Å²) in [5.74, 6) is 1.83. The standard InChI is InChI=1S/C12H11NO3/c1-15-10-4-2-5-11(8-10)16-12-6-3-7-13(14)9-12/h2-9H,1H3. The van der Waals surface area contributed by atoms with Crippen LogP contribution in [0.4, 0.5) is 0 Å². The summed E-state index contributed by atoms with van der Waals surface area (Å²) in [6.07, 6.45) is 2.76. The zero-order valence-electron chi connectivity index (χ0n) is 8.79. The molecule has 0 unspecified atom stereocenters. The predicted octanol–water partition coefficient (Wildman–Crippen LogP) is 2.12. The van der Waals surface area contributed by atoms with Crippen molar-refractivity contribution in [1.29, 1.82) is 0 Å². The number of rotatable bonds is 3. The highest BCUT2D eigenvalue weighted by molar-refractivity contribution is 5.35. The molecular weight excluding hydrogens is 206 g/mol. The summed E-state index contributed by atoms with van der Waals surface area (Å²) in [5, 5.41) is 11.0. The maximum Gasteiger partial charge on any atom is 0.223 e. The molecule has 0 N–H and O–H groups in total. The molecule has 0 aliphatic heterocycles. The van der Waals surface area contributed by atoms with E-state index in [0.29, 0.717) is 22.0 Å². The first-order valence-electron chi connectivity index (χ1n) is 4.78. The van der Waals surface area contributed by atoms with Crippen molar-refractivity contribution >= 4 is 0 Å². The third-order valence-electron chi connectivity index (χ3n) is 2.02. The molecule has 1 aromatic carbocycles. The van der Waals surface area contributed by atoms with Crippen LogP contribution in [0.1, 0.15) is 0 Å². The van der Waals surface area contributed by atoms with E-state index >= 15 is 0 Å². The van der Waals surface area contributed by atoms with Crippen molar-refractivity contribution < 1.29 is 14.2 Å². The van der Waals surface area contributed by atoms with Gasteiger partial charge in [-0.25, -0.2) is 0 Å². The van der Waals surface area contributed by atoms with Crippen molar-refractivity contribution in [1.82, 2.24) is 0 Å². The first-order valence-corrected chi connectivity index (χ1v) is 4.78. The first kappa shape index (κ1) is 10.3. The Labute approximate surface area is 93.3 Å². The maximum atomic E-state index is 11.0. The fraction of sp³-hybridized carbons (Fsp3) is 0.0833. The van der Waals surface area contributed by atoms with Gasteiger partial charge in [0.1, 0.15) is 11.5 Å². The van der Waals surface area contributed by atoms with Gasteiger partial charge in [-0.3, -0.25) is 0 Å². The van der Waals surface area contributed by atoms with Crippen LogP contribution in [0, 0.1) is 5.21 Å². The van der Waals surface area contributed by atoms with Gasteiger partial charge in [-0.05, 0) is 18.2 Å². The number of hydrogen-bond donors (Lipinski definition) is 0. The smallest absolute Gasteiger partial charge is 0.223 e. The number of aromatic nitrogens is 1. The minimum atomic E-state index is 0.491. The van der Waals surface area contributed by atoms with Crippen LogP contribution in [0.3, 0.4) is 0 Å². The van der Waals surface area contributed by atoms with Crippen LogP contribution in [-0.2, 0) is 0 Å². The Bertz CT molecular complexity index is 485. The van der Waals surface area contributed by atoms with Crippen molar-refractivity contribution in [2.45, 2.75) is 0 Å².